The fourth-order valence-corrected chi connectivity index (χ4v) is 2.46. The number of hydrazone groups is 1. The first-order chi connectivity index (χ1) is 11.7. The van der Waals surface area contributed by atoms with Gasteiger partial charge in [0, 0.05) is 10.9 Å². The van der Waals surface area contributed by atoms with Gasteiger partial charge < -0.3 is 10.1 Å². The van der Waals surface area contributed by atoms with Crippen molar-refractivity contribution in [1.29, 1.82) is 0 Å². The number of fused-ring (bicyclic) bond motifs is 3. The molecule has 0 bridgehead atoms. The van der Waals surface area contributed by atoms with Crippen molar-refractivity contribution in [3.63, 3.8) is 0 Å². The number of phenolic OH excluding ortho intramolecular Hbond substituents is 1. The van der Waals surface area contributed by atoms with Crippen LogP contribution in [-0.4, -0.2) is 31.5 Å². The first kappa shape index (κ1) is 14.1. The van der Waals surface area contributed by atoms with E-state index in [0.29, 0.717) is 11.6 Å². The zero-order valence-electron chi connectivity index (χ0n) is 12.9. The van der Waals surface area contributed by atoms with Crippen LogP contribution in [0.4, 0.5) is 5.95 Å². The highest BCUT2D eigenvalue weighted by Crippen LogP contribution is 2.23. The van der Waals surface area contributed by atoms with Crippen molar-refractivity contribution in [3.8, 4) is 5.75 Å². The van der Waals surface area contributed by atoms with Gasteiger partial charge in [0.05, 0.1) is 6.21 Å². The summed E-state index contributed by atoms with van der Waals surface area (Å²) in [5.74, 6) is 0.521. The summed E-state index contributed by atoms with van der Waals surface area (Å²) in [5.41, 5.74) is 7.13. The van der Waals surface area contributed by atoms with E-state index in [9.17, 15) is 5.11 Å². The summed E-state index contributed by atoms with van der Waals surface area (Å²) in [7, 11) is 0. The minimum Gasteiger partial charge on any atom is -0.508 e. The lowest BCUT2D eigenvalue weighted by atomic mass is 10.2. The van der Waals surface area contributed by atoms with Crippen molar-refractivity contribution < 1.29 is 5.11 Å². The molecular formula is C17H14N6O. The Kier molecular flexibility index (Phi) is 3.31. The van der Waals surface area contributed by atoms with Crippen LogP contribution in [0.2, 0.25) is 0 Å². The van der Waals surface area contributed by atoms with Crippen LogP contribution < -0.4 is 5.43 Å². The van der Waals surface area contributed by atoms with Gasteiger partial charge in [-0.2, -0.15) is 10.1 Å². The van der Waals surface area contributed by atoms with E-state index < -0.39 is 0 Å². The normalized spacial score (nSPS) is 11.5. The molecule has 0 aliphatic carbocycles. The highest BCUT2D eigenvalue weighted by Gasteiger charge is 2.08. The third-order valence-corrected chi connectivity index (χ3v) is 3.64. The number of aromatic hydroxyl groups is 1. The van der Waals surface area contributed by atoms with Crippen LogP contribution in [0.5, 0.6) is 5.75 Å². The van der Waals surface area contributed by atoms with E-state index in [1.807, 2.05) is 19.1 Å². The largest absolute Gasteiger partial charge is 0.508 e. The standard InChI is InChI=1S/C17H14N6O/c1-10-2-7-14-13(8-10)15-16(19-14)20-17(23-21-15)22-18-9-11-3-5-12(24)6-4-11/h2-9,24H,1H3,(H2,19,20,22,23)/b18-9-. The minimum absolute atomic E-state index is 0.215. The number of aromatic amines is 1. The van der Waals surface area contributed by atoms with Crippen LogP contribution in [0.1, 0.15) is 11.1 Å². The van der Waals surface area contributed by atoms with Gasteiger partial charge in [-0.25, -0.2) is 5.43 Å². The number of rotatable bonds is 3. The van der Waals surface area contributed by atoms with Crippen LogP contribution in [0, 0.1) is 6.92 Å². The topological polar surface area (TPSA) is 99.1 Å². The Balaban J connectivity index is 1.60. The summed E-state index contributed by atoms with van der Waals surface area (Å²) in [6, 6.07) is 12.8. The Hall–Kier alpha value is -3.48. The van der Waals surface area contributed by atoms with E-state index in [1.165, 1.54) is 0 Å². The van der Waals surface area contributed by atoms with Gasteiger partial charge in [0.15, 0.2) is 5.65 Å². The molecule has 2 aromatic heterocycles. The summed E-state index contributed by atoms with van der Waals surface area (Å²) in [4.78, 5) is 7.62. The highest BCUT2D eigenvalue weighted by atomic mass is 16.3. The molecule has 3 N–H and O–H groups in total. The molecule has 0 aliphatic heterocycles. The first-order valence-electron chi connectivity index (χ1n) is 7.40. The zero-order valence-corrected chi connectivity index (χ0v) is 12.9. The number of anilines is 1. The van der Waals surface area contributed by atoms with E-state index in [0.717, 1.165) is 27.5 Å². The molecule has 0 aliphatic rings. The molecule has 2 heterocycles. The van der Waals surface area contributed by atoms with Gasteiger partial charge in [-0.15, -0.1) is 10.2 Å². The lowest BCUT2D eigenvalue weighted by molar-refractivity contribution is 0.475. The SMILES string of the molecule is Cc1ccc2[nH]c3nc(N/N=C\c4ccc(O)cc4)nnc3c2c1. The van der Waals surface area contributed by atoms with Crippen molar-refractivity contribution in [2.24, 2.45) is 5.10 Å². The molecular weight excluding hydrogens is 304 g/mol. The van der Waals surface area contributed by atoms with E-state index in [-0.39, 0.29) is 5.75 Å². The van der Waals surface area contributed by atoms with Crippen molar-refractivity contribution in [2.45, 2.75) is 6.92 Å². The second kappa shape index (κ2) is 5.62. The molecule has 0 radical (unpaired) electrons. The quantitative estimate of drug-likeness (QED) is 0.398. The van der Waals surface area contributed by atoms with Crippen molar-refractivity contribution >= 4 is 34.2 Å². The molecule has 4 rings (SSSR count). The van der Waals surface area contributed by atoms with Crippen LogP contribution in [0.3, 0.4) is 0 Å². The molecule has 24 heavy (non-hydrogen) atoms. The fraction of sp³-hybridized carbons (Fsp3) is 0.0588. The zero-order chi connectivity index (χ0) is 16.5. The predicted molar refractivity (Wildman–Crippen MR) is 93.3 cm³/mol. The Morgan fingerprint density at radius 2 is 1.96 bits per heavy atom. The van der Waals surface area contributed by atoms with E-state index in [2.05, 4.69) is 36.8 Å². The van der Waals surface area contributed by atoms with Crippen LogP contribution in [0.15, 0.2) is 47.6 Å². The summed E-state index contributed by atoms with van der Waals surface area (Å²) in [6.07, 6.45) is 1.61. The van der Waals surface area contributed by atoms with Gasteiger partial charge in [0.2, 0.25) is 0 Å². The minimum atomic E-state index is 0.215. The van der Waals surface area contributed by atoms with Gasteiger partial charge in [0.25, 0.3) is 5.95 Å². The molecule has 7 nitrogen and oxygen atoms in total. The van der Waals surface area contributed by atoms with Gasteiger partial charge in [-0.05, 0) is 48.9 Å². The maximum Gasteiger partial charge on any atom is 0.265 e. The van der Waals surface area contributed by atoms with E-state index in [4.69, 9.17) is 0 Å². The Morgan fingerprint density at radius 1 is 1.12 bits per heavy atom. The lowest BCUT2D eigenvalue weighted by Gasteiger charge is -1.97. The molecule has 2 aromatic carbocycles. The number of benzene rings is 2. The number of hydrogen-bond acceptors (Lipinski definition) is 6. The van der Waals surface area contributed by atoms with Crippen LogP contribution >= 0.6 is 0 Å². The maximum absolute atomic E-state index is 9.25. The lowest BCUT2D eigenvalue weighted by Crippen LogP contribution is -1.98. The van der Waals surface area contributed by atoms with Gasteiger partial charge >= 0.3 is 0 Å². The molecule has 7 heteroatoms. The number of aromatic nitrogens is 4. The number of H-pyrrole nitrogens is 1. The Labute approximate surface area is 137 Å². The fourth-order valence-electron chi connectivity index (χ4n) is 2.46. The Bertz CT molecular complexity index is 1050. The summed E-state index contributed by atoms with van der Waals surface area (Å²) in [5, 5.41) is 22.6. The van der Waals surface area contributed by atoms with Crippen molar-refractivity contribution in [1.82, 2.24) is 20.2 Å². The molecule has 4 aromatic rings. The number of aryl methyl sites for hydroxylation is 1. The third kappa shape index (κ3) is 2.63. The van der Waals surface area contributed by atoms with E-state index >= 15 is 0 Å². The third-order valence-electron chi connectivity index (χ3n) is 3.64. The smallest absolute Gasteiger partial charge is 0.265 e. The number of nitrogens with zero attached hydrogens (tertiary/aromatic N) is 4. The molecule has 0 saturated carbocycles. The maximum atomic E-state index is 9.25. The van der Waals surface area contributed by atoms with Gasteiger partial charge in [-0.3, -0.25) is 0 Å². The van der Waals surface area contributed by atoms with Crippen LogP contribution in [0.25, 0.3) is 22.1 Å². The second-order valence-corrected chi connectivity index (χ2v) is 5.47. The molecule has 0 spiro atoms. The second-order valence-electron chi connectivity index (χ2n) is 5.47. The molecule has 118 valence electrons. The first-order valence-corrected chi connectivity index (χ1v) is 7.40. The average Bonchev–Trinajstić information content (AvgIpc) is 2.94. The van der Waals surface area contributed by atoms with E-state index in [1.54, 1.807) is 30.5 Å². The summed E-state index contributed by atoms with van der Waals surface area (Å²) < 4.78 is 0. The number of nitrogens with one attached hydrogen (secondary N) is 2. The summed E-state index contributed by atoms with van der Waals surface area (Å²) in [6.45, 7) is 2.03. The number of hydrogen-bond donors (Lipinski definition) is 3. The van der Waals surface area contributed by atoms with Crippen LogP contribution in [-0.2, 0) is 0 Å². The molecule has 0 atom stereocenters. The molecule has 0 saturated heterocycles. The highest BCUT2D eigenvalue weighted by molar-refractivity contribution is 6.03. The Morgan fingerprint density at radius 3 is 2.79 bits per heavy atom. The van der Waals surface area contributed by atoms with Gasteiger partial charge in [-0.1, -0.05) is 11.6 Å². The molecule has 0 amide bonds. The number of phenols is 1. The average molecular weight is 318 g/mol. The van der Waals surface area contributed by atoms with Crippen molar-refractivity contribution in [2.75, 3.05) is 5.43 Å². The van der Waals surface area contributed by atoms with Gasteiger partial charge in [0.1, 0.15) is 11.3 Å². The monoisotopic (exact) mass is 318 g/mol. The molecule has 0 fully saturated rings. The predicted octanol–water partition coefficient (Wildman–Crippen LogP) is 2.97. The molecule has 0 unspecified atom stereocenters. The summed E-state index contributed by atoms with van der Waals surface area (Å²) >= 11 is 0. The van der Waals surface area contributed by atoms with Crippen molar-refractivity contribution in [3.05, 3.63) is 53.6 Å².